The number of fused-ring (bicyclic) bond motifs is 1. The molecule has 0 amide bonds. The van der Waals surface area contributed by atoms with E-state index in [1.165, 1.54) is 23.1 Å². The molecule has 1 fully saturated rings. The minimum Gasteiger partial charge on any atom is -0.436 e. The van der Waals surface area contributed by atoms with Crippen molar-refractivity contribution in [1.29, 1.82) is 0 Å². The summed E-state index contributed by atoms with van der Waals surface area (Å²) in [5.41, 5.74) is 4.26. The molecule has 26 heavy (non-hydrogen) atoms. The Balaban J connectivity index is 1.77. The largest absolute Gasteiger partial charge is 0.436 e. The molecular weight excluding hydrogens is 371 g/mol. The van der Waals surface area contributed by atoms with Crippen LogP contribution in [0.2, 0.25) is 5.02 Å². The average molecular weight is 382 g/mol. The summed E-state index contributed by atoms with van der Waals surface area (Å²) in [6, 6.07) is 8.23. The molecule has 4 rings (SSSR count). The summed E-state index contributed by atoms with van der Waals surface area (Å²) in [4.78, 5) is 7.91. The normalized spacial score (nSPS) is 15.7. The van der Waals surface area contributed by atoms with E-state index in [2.05, 4.69) is 27.2 Å². The molecule has 1 saturated carbocycles. The second-order valence-corrected chi connectivity index (χ2v) is 6.52. The Bertz CT molecular complexity index is 984. The highest BCUT2D eigenvalue weighted by Crippen LogP contribution is 2.58. The fourth-order valence-corrected chi connectivity index (χ4v) is 2.86. The predicted octanol–water partition coefficient (Wildman–Crippen LogP) is 3.80. The minimum atomic E-state index is -4.32. The van der Waals surface area contributed by atoms with E-state index in [9.17, 15) is 13.2 Å². The molecule has 134 valence electrons. The standard InChI is InChI=1S/C16H11ClF3N5O/c17-9-2-1-3-10(6-9)26-14-11-12(21)22-8-23-13(11)25(24-14)7-15(4-5-15)16(18,19)20/h3,6,8H,4-5,7H2,(H2,21,22,23). The Labute approximate surface area is 150 Å². The minimum absolute atomic E-state index is 0.00624. The maximum atomic E-state index is 13.3. The quantitative estimate of drug-likeness (QED) is 0.743. The number of alkyl halides is 3. The van der Waals surface area contributed by atoms with E-state index in [0.717, 1.165) is 0 Å². The zero-order valence-electron chi connectivity index (χ0n) is 13.1. The predicted molar refractivity (Wildman–Crippen MR) is 86.7 cm³/mol. The number of nitrogens with two attached hydrogens (primary N) is 1. The highest BCUT2D eigenvalue weighted by molar-refractivity contribution is 6.30. The van der Waals surface area contributed by atoms with Crippen molar-refractivity contribution in [2.24, 2.45) is 5.41 Å². The van der Waals surface area contributed by atoms with E-state index in [1.807, 2.05) is 0 Å². The van der Waals surface area contributed by atoms with Crippen molar-refractivity contribution in [3.05, 3.63) is 35.6 Å². The van der Waals surface area contributed by atoms with Gasteiger partial charge in [0.05, 0.1) is 17.0 Å². The third-order valence-corrected chi connectivity index (χ3v) is 4.53. The summed E-state index contributed by atoms with van der Waals surface area (Å²) in [7, 11) is 0. The first-order valence-corrected chi connectivity index (χ1v) is 7.97. The molecule has 1 aromatic carbocycles. The molecule has 1 aliphatic carbocycles. The van der Waals surface area contributed by atoms with Gasteiger partial charge >= 0.3 is 6.18 Å². The number of anilines is 1. The maximum Gasteiger partial charge on any atom is 0.396 e. The van der Waals surface area contributed by atoms with Gasteiger partial charge in [-0.1, -0.05) is 17.7 Å². The van der Waals surface area contributed by atoms with Gasteiger partial charge in [0.2, 0.25) is 0 Å². The number of aromatic nitrogens is 4. The molecule has 0 aliphatic heterocycles. The van der Waals surface area contributed by atoms with Crippen LogP contribution in [0.15, 0.2) is 18.5 Å². The van der Waals surface area contributed by atoms with Gasteiger partial charge in [-0.3, -0.25) is 0 Å². The van der Waals surface area contributed by atoms with E-state index in [0.29, 0.717) is 5.75 Å². The fourth-order valence-electron chi connectivity index (χ4n) is 2.70. The van der Waals surface area contributed by atoms with Crippen LogP contribution in [-0.2, 0) is 6.54 Å². The molecule has 0 saturated heterocycles. The Morgan fingerprint density at radius 1 is 1.35 bits per heavy atom. The molecule has 0 atom stereocenters. The molecule has 0 spiro atoms. The lowest BCUT2D eigenvalue weighted by atomic mass is 10.1. The third-order valence-electron chi connectivity index (χ3n) is 4.32. The van der Waals surface area contributed by atoms with Crippen LogP contribution in [-0.4, -0.2) is 25.9 Å². The first kappa shape index (κ1) is 16.7. The van der Waals surface area contributed by atoms with Crippen LogP contribution in [0.5, 0.6) is 11.6 Å². The number of nitrogens with zero attached hydrogens (tertiary/aromatic N) is 4. The lowest BCUT2D eigenvalue weighted by Crippen LogP contribution is -2.29. The van der Waals surface area contributed by atoms with Crippen molar-refractivity contribution < 1.29 is 17.9 Å². The molecule has 0 unspecified atom stereocenters. The fraction of sp³-hybridized carbons (Fsp3) is 0.312. The van der Waals surface area contributed by atoms with Crippen LogP contribution in [0, 0.1) is 17.5 Å². The number of halogens is 4. The summed E-state index contributed by atoms with van der Waals surface area (Å²) in [5.74, 6) is 0.359. The Hall–Kier alpha value is -2.73. The highest BCUT2D eigenvalue weighted by Gasteiger charge is 2.63. The van der Waals surface area contributed by atoms with E-state index < -0.39 is 11.6 Å². The van der Waals surface area contributed by atoms with E-state index in [-0.39, 0.29) is 47.1 Å². The molecule has 2 heterocycles. The highest BCUT2D eigenvalue weighted by atomic mass is 35.5. The molecule has 10 heteroatoms. The summed E-state index contributed by atoms with van der Waals surface area (Å²) in [6.07, 6.45) is -3.04. The van der Waals surface area contributed by atoms with Crippen LogP contribution >= 0.6 is 11.6 Å². The van der Waals surface area contributed by atoms with Crippen molar-refractivity contribution in [3.8, 4) is 11.6 Å². The average Bonchev–Trinajstić information content (AvgIpc) is 3.27. The third kappa shape index (κ3) is 2.76. The molecule has 2 aromatic heterocycles. The van der Waals surface area contributed by atoms with Gasteiger partial charge in [-0.05, 0) is 18.9 Å². The Morgan fingerprint density at radius 2 is 2.12 bits per heavy atom. The summed E-state index contributed by atoms with van der Waals surface area (Å²) in [6.45, 7) is -0.359. The van der Waals surface area contributed by atoms with Crippen molar-refractivity contribution in [1.82, 2.24) is 19.7 Å². The Morgan fingerprint density at radius 3 is 2.77 bits per heavy atom. The van der Waals surface area contributed by atoms with Gasteiger partial charge in [-0.2, -0.15) is 13.2 Å². The van der Waals surface area contributed by atoms with Gasteiger partial charge in [-0.15, -0.1) is 5.10 Å². The zero-order valence-corrected chi connectivity index (χ0v) is 13.9. The summed E-state index contributed by atoms with van der Waals surface area (Å²) in [5, 5.41) is 4.67. The van der Waals surface area contributed by atoms with Gasteiger partial charge in [0.15, 0.2) is 5.65 Å². The van der Waals surface area contributed by atoms with Crippen molar-refractivity contribution in [3.63, 3.8) is 0 Å². The number of hydrogen-bond donors (Lipinski definition) is 1. The number of rotatable bonds is 4. The molecule has 2 N–H and O–H groups in total. The van der Waals surface area contributed by atoms with Gasteiger partial charge in [0, 0.05) is 12.1 Å². The van der Waals surface area contributed by atoms with E-state index in [1.54, 1.807) is 0 Å². The van der Waals surface area contributed by atoms with Crippen LogP contribution < -0.4 is 10.5 Å². The van der Waals surface area contributed by atoms with Gasteiger partial charge in [0.1, 0.15) is 23.3 Å². The zero-order chi connectivity index (χ0) is 18.5. The molecule has 0 radical (unpaired) electrons. The summed E-state index contributed by atoms with van der Waals surface area (Å²) >= 11 is 5.84. The van der Waals surface area contributed by atoms with E-state index >= 15 is 0 Å². The smallest absolute Gasteiger partial charge is 0.396 e. The lowest BCUT2D eigenvalue weighted by molar-refractivity contribution is -0.191. The maximum absolute atomic E-state index is 13.3. The molecule has 3 aromatic rings. The monoisotopic (exact) mass is 381 g/mol. The molecule has 1 aliphatic rings. The molecule has 6 nitrogen and oxygen atoms in total. The lowest BCUT2D eigenvalue weighted by Gasteiger charge is -2.18. The molecule has 0 bridgehead atoms. The van der Waals surface area contributed by atoms with Crippen molar-refractivity contribution in [2.75, 3.05) is 5.73 Å². The molecular formula is C16H11ClF3N5O. The van der Waals surface area contributed by atoms with Gasteiger partial charge in [-0.25, -0.2) is 14.6 Å². The number of hydrogen-bond acceptors (Lipinski definition) is 5. The first-order chi connectivity index (χ1) is 12.3. The topological polar surface area (TPSA) is 78.8 Å². The van der Waals surface area contributed by atoms with Crippen LogP contribution in [0.1, 0.15) is 12.8 Å². The van der Waals surface area contributed by atoms with Crippen LogP contribution in [0.4, 0.5) is 19.0 Å². The number of ether oxygens (including phenoxy) is 1. The number of nitrogen functional groups attached to an aromatic ring is 1. The second-order valence-electron chi connectivity index (χ2n) is 6.11. The van der Waals surface area contributed by atoms with Gasteiger partial charge in [0.25, 0.3) is 5.88 Å². The van der Waals surface area contributed by atoms with Crippen molar-refractivity contribution in [2.45, 2.75) is 25.6 Å². The van der Waals surface area contributed by atoms with Crippen LogP contribution in [0.25, 0.3) is 11.0 Å². The SMILES string of the molecule is Nc1ncnc2c1c(Oc1cc#cc(Cl)c1)nn2CC1(C(F)(F)F)CC1. The first-order valence-electron chi connectivity index (χ1n) is 7.60. The van der Waals surface area contributed by atoms with Crippen LogP contribution in [0.3, 0.4) is 0 Å². The second kappa shape index (κ2) is 5.64. The van der Waals surface area contributed by atoms with Gasteiger partial charge < -0.3 is 10.5 Å². The summed E-state index contributed by atoms with van der Waals surface area (Å²) < 4.78 is 46.7. The van der Waals surface area contributed by atoms with Crippen molar-refractivity contribution >= 4 is 28.5 Å². The Kier molecular flexibility index (Phi) is 3.63. The van der Waals surface area contributed by atoms with E-state index in [4.69, 9.17) is 22.1 Å².